The number of methoxy groups -OCH3 is 1. The van der Waals surface area contributed by atoms with Crippen molar-refractivity contribution in [3.8, 4) is 11.5 Å². The van der Waals surface area contributed by atoms with Crippen LogP contribution in [0.5, 0.6) is 11.5 Å². The minimum Gasteiger partial charge on any atom is -0.503 e. The quantitative estimate of drug-likeness (QED) is 0.663. The second kappa shape index (κ2) is 6.06. The van der Waals surface area contributed by atoms with Crippen molar-refractivity contribution in [3.63, 3.8) is 0 Å². The van der Waals surface area contributed by atoms with Gasteiger partial charge < -0.3 is 9.84 Å². The molecule has 0 atom stereocenters. The maximum absolute atomic E-state index is 11.9. The number of benzene rings is 1. The number of rotatable bonds is 3. The molecule has 1 aromatic carbocycles. The number of aromatic amines is 1. The van der Waals surface area contributed by atoms with E-state index >= 15 is 0 Å². The number of aryl methyl sites for hydroxylation is 1. The van der Waals surface area contributed by atoms with E-state index in [0.29, 0.717) is 5.56 Å². The molecule has 2 aromatic rings. The predicted molar refractivity (Wildman–Crippen MR) is 81.1 cm³/mol. The lowest BCUT2D eigenvalue weighted by Crippen LogP contribution is -2.22. The molecule has 7 nitrogen and oxygen atoms in total. The van der Waals surface area contributed by atoms with E-state index in [-0.39, 0.29) is 27.0 Å². The van der Waals surface area contributed by atoms with E-state index in [9.17, 15) is 9.90 Å². The number of phenols is 1. The lowest BCUT2D eigenvalue weighted by Gasteiger charge is -2.06. The van der Waals surface area contributed by atoms with E-state index in [1.807, 2.05) is 0 Å². The molecule has 0 aliphatic rings. The molecule has 0 radical (unpaired) electrons. The Hall–Kier alpha value is -2.19. The number of H-pyrrole nitrogens is 1. The van der Waals surface area contributed by atoms with E-state index in [1.165, 1.54) is 25.5 Å². The molecular formula is C12H11ClN4O3S. The van der Waals surface area contributed by atoms with Crippen molar-refractivity contribution in [2.45, 2.75) is 6.92 Å². The molecule has 0 fully saturated rings. The van der Waals surface area contributed by atoms with Crippen LogP contribution in [-0.4, -0.2) is 33.3 Å². The second-order valence-corrected chi connectivity index (χ2v) is 4.82. The van der Waals surface area contributed by atoms with Crippen molar-refractivity contribution in [3.05, 3.63) is 43.5 Å². The van der Waals surface area contributed by atoms with Crippen LogP contribution in [0.25, 0.3) is 0 Å². The summed E-state index contributed by atoms with van der Waals surface area (Å²) in [5, 5.41) is 20.0. The van der Waals surface area contributed by atoms with E-state index in [0.717, 1.165) is 4.68 Å². The summed E-state index contributed by atoms with van der Waals surface area (Å²) in [4.78, 5) is 11.9. The summed E-state index contributed by atoms with van der Waals surface area (Å²) >= 11 is 10.8. The molecule has 0 bridgehead atoms. The number of hydrogen-bond acceptors (Lipinski definition) is 6. The Morgan fingerprint density at radius 2 is 2.29 bits per heavy atom. The first kappa shape index (κ1) is 15.2. The molecule has 21 heavy (non-hydrogen) atoms. The van der Waals surface area contributed by atoms with Crippen LogP contribution in [0, 0.1) is 11.7 Å². The highest BCUT2D eigenvalue weighted by Gasteiger charge is 2.08. The zero-order valence-electron chi connectivity index (χ0n) is 11.1. The molecule has 0 aliphatic carbocycles. The molecule has 0 spiro atoms. The van der Waals surface area contributed by atoms with Crippen molar-refractivity contribution in [2.24, 2.45) is 5.10 Å². The first-order valence-electron chi connectivity index (χ1n) is 5.73. The molecule has 110 valence electrons. The Morgan fingerprint density at radius 3 is 2.95 bits per heavy atom. The molecule has 1 aromatic heterocycles. The van der Waals surface area contributed by atoms with Gasteiger partial charge in [-0.05, 0) is 36.8 Å². The Kier molecular flexibility index (Phi) is 4.39. The van der Waals surface area contributed by atoms with Crippen LogP contribution < -0.4 is 10.3 Å². The fraction of sp³-hybridized carbons (Fsp3) is 0.167. The lowest BCUT2D eigenvalue weighted by atomic mass is 10.2. The average Bonchev–Trinajstić information content (AvgIpc) is 2.46. The zero-order valence-corrected chi connectivity index (χ0v) is 12.7. The largest absolute Gasteiger partial charge is 0.503 e. The summed E-state index contributed by atoms with van der Waals surface area (Å²) in [7, 11) is 1.40. The Morgan fingerprint density at radius 1 is 1.57 bits per heavy atom. The van der Waals surface area contributed by atoms with Gasteiger partial charge in [0.25, 0.3) is 5.56 Å². The van der Waals surface area contributed by atoms with Crippen molar-refractivity contribution in [2.75, 3.05) is 7.11 Å². The highest BCUT2D eigenvalue weighted by Crippen LogP contribution is 2.34. The maximum atomic E-state index is 11.9. The van der Waals surface area contributed by atoms with Gasteiger partial charge in [0.2, 0.25) is 4.77 Å². The molecule has 0 saturated heterocycles. The van der Waals surface area contributed by atoms with Gasteiger partial charge in [-0.1, -0.05) is 11.6 Å². The first-order valence-corrected chi connectivity index (χ1v) is 6.52. The van der Waals surface area contributed by atoms with Crippen LogP contribution in [-0.2, 0) is 0 Å². The van der Waals surface area contributed by atoms with Crippen LogP contribution in [0.15, 0.2) is 22.0 Å². The summed E-state index contributed by atoms with van der Waals surface area (Å²) in [6.07, 6.45) is 1.37. The summed E-state index contributed by atoms with van der Waals surface area (Å²) in [5.41, 5.74) is 0.347. The summed E-state index contributed by atoms with van der Waals surface area (Å²) < 4.78 is 6.06. The minimum atomic E-state index is -0.424. The van der Waals surface area contributed by atoms with Crippen LogP contribution in [0.4, 0.5) is 0 Å². The fourth-order valence-corrected chi connectivity index (χ4v) is 1.92. The number of hydrogen-bond donors (Lipinski definition) is 2. The number of ether oxygens (including phenoxy) is 1. The average molecular weight is 327 g/mol. The van der Waals surface area contributed by atoms with E-state index < -0.39 is 5.56 Å². The second-order valence-electron chi connectivity index (χ2n) is 4.03. The third-order valence-corrected chi connectivity index (χ3v) is 3.16. The summed E-state index contributed by atoms with van der Waals surface area (Å²) in [6.45, 7) is 1.54. The molecule has 0 amide bonds. The zero-order chi connectivity index (χ0) is 15.6. The van der Waals surface area contributed by atoms with Crippen molar-refractivity contribution in [1.29, 1.82) is 0 Å². The van der Waals surface area contributed by atoms with Gasteiger partial charge in [0.15, 0.2) is 11.5 Å². The van der Waals surface area contributed by atoms with Gasteiger partial charge in [0.1, 0.15) is 5.69 Å². The molecule has 1 heterocycles. The lowest BCUT2D eigenvalue weighted by molar-refractivity contribution is 0.373. The monoisotopic (exact) mass is 326 g/mol. The summed E-state index contributed by atoms with van der Waals surface area (Å²) in [6, 6.07) is 3.01. The Balaban J connectivity index is 2.48. The predicted octanol–water partition coefficient (Wildman–Crippen LogP) is 1.86. The minimum absolute atomic E-state index is 0.0682. The standard InChI is InChI=1S/C12H11ClN4O3S/c1-6-11(19)17(12(21)16-15-6)14-5-7-3-8(13)10(18)9(4-7)20-2/h3-5,18H,1-2H3,(H,16,21)/b14-5-. The number of nitrogens with one attached hydrogen (secondary N) is 1. The summed E-state index contributed by atoms with van der Waals surface area (Å²) in [5.74, 6) is 0.0397. The van der Waals surface area contributed by atoms with E-state index in [4.69, 9.17) is 28.6 Å². The number of halogens is 1. The molecule has 9 heteroatoms. The molecular weight excluding hydrogens is 316 g/mol. The van der Waals surface area contributed by atoms with Gasteiger partial charge in [-0.15, -0.1) is 0 Å². The van der Waals surface area contributed by atoms with Gasteiger partial charge in [-0.2, -0.15) is 14.9 Å². The molecule has 2 N–H and O–H groups in total. The van der Waals surface area contributed by atoms with E-state index in [2.05, 4.69) is 15.3 Å². The topological polar surface area (TPSA) is 92.5 Å². The van der Waals surface area contributed by atoms with Crippen molar-refractivity contribution < 1.29 is 9.84 Å². The van der Waals surface area contributed by atoms with Crippen molar-refractivity contribution >= 4 is 30.0 Å². The number of aromatic hydroxyl groups is 1. The van der Waals surface area contributed by atoms with Gasteiger partial charge in [-0.3, -0.25) is 9.89 Å². The molecule has 0 unspecified atom stereocenters. The van der Waals surface area contributed by atoms with Crippen LogP contribution in [0.3, 0.4) is 0 Å². The van der Waals surface area contributed by atoms with Gasteiger partial charge in [0.05, 0.1) is 18.3 Å². The first-order chi connectivity index (χ1) is 9.93. The van der Waals surface area contributed by atoms with Crippen LogP contribution >= 0.6 is 23.8 Å². The normalized spacial score (nSPS) is 11.0. The Bertz CT molecular complexity index is 828. The van der Waals surface area contributed by atoms with Gasteiger partial charge in [0, 0.05) is 0 Å². The highest BCUT2D eigenvalue weighted by atomic mass is 35.5. The highest BCUT2D eigenvalue weighted by molar-refractivity contribution is 7.71. The van der Waals surface area contributed by atoms with Gasteiger partial charge in [-0.25, -0.2) is 0 Å². The third kappa shape index (κ3) is 3.11. The van der Waals surface area contributed by atoms with Crippen LogP contribution in [0.1, 0.15) is 11.3 Å². The number of phenolic OH excluding ortho intramolecular Hbond substituents is 1. The van der Waals surface area contributed by atoms with Crippen LogP contribution in [0.2, 0.25) is 5.02 Å². The SMILES string of the molecule is COc1cc(/C=N\n2c(=S)[nH]nc(C)c2=O)cc(Cl)c1O. The third-order valence-electron chi connectivity index (χ3n) is 2.61. The molecule has 2 rings (SSSR count). The van der Waals surface area contributed by atoms with E-state index in [1.54, 1.807) is 6.92 Å². The van der Waals surface area contributed by atoms with Crippen molar-refractivity contribution in [1.82, 2.24) is 14.9 Å². The Labute approximate surface area is 129 Å². The number of aromatic nitrogens is 3. The molecule has 0 aliphatic heterocycles. The fourth-order valence-electron chi connectivity index (χ4n) is 1.53. The maximum Gasteiger partial charge on any atom is 0.296 e. The number of nitrogens with zero attached hydrogens (tertiary/aromatic N) is 3. The molecule has 0 saturated carbocycles. The van der Waals surface area contributed by atoms with Gasteiger partial charge >= 0.3 is 0 Å². The smallest absolute Gasteiger partial charge is 0.296 e.